The molecule has 0 saturated carbocycles. The van der Waals surface area contributed by atoms with Crippen molar-refractivity contribution in [2.75, 3.05) is 25.5 Å². The summed E-state index contributed by atoms with van der Waals surface area (Å²) >= 11 is 0. The Kier molecular flexibility index (Phi) is 3.53. The summed E-state index contributed by atoms with van der Waals surface area (Å²) < 4.78 is 0. The number of carbonyl (C=O) groups excluding carboxylic acids is 1. The van der Waals surface area contributed by atoms with Crippen LogP contribution in [0.3, 0.4) is 0 Å². The van der Waals surface area contributed by atoms with E-state index in [2.05, 4.69) is 28.6 Å². The molecule has 0 aromatic heterocycles. The Labute approximate surface area is 114 Å². The van der Waals surface area contributed by atoms with Crippen molar-refractivity contribution in [3.63, 3.8) is 0 Å². The first kappa shape index (κ1) is 12.6. The van der Waals surface area contributed by atoms with E-state index in [4.69, 9.17) is 0 Å². The van der Waals surface area contributed by atoms with Crippen LogP contribution in [-0.2, 0) is 17.9 Å². The van der Waals surface area contributed by atoms with E-state index >= 15 is 0 Å². The molecule has 0 aliphatic carbocycles. The number of carbonyl (C=O) groups is 1. The molecule has 1 saturated heterocycles. The maximum absolute atomic E-state index is 12.3. The molecule has 4 heteroatoms. The van der Waals surface area contributed by atoms with Gasteiger partial charge in [0, 0.05) is 25.3 Å². The largest absolute Gasteiger partial charge is 0.325 e. The minimum atomic E-state index is 0.115. The molecule has 102 valence electrons. The lowest BCUT2D eigenvalue weighted by Gasteiger charge is -2.22. The van der Waals surface area contributed by atoms with E-state index in [0.29, 0.717) is 0 Å². The Bertz CT molecular complexity index is 480. The van der Waals surface area contributed by atoms with Crippen molar-refractivity contribution < 1.29 is 4.79 Å². The molecule has 1 fully saturated rings. The van der Waals surface area contributed by atoms with E-state index in [0.717, 1.165) is 44.7 Å². The van der Waals surface area contributed by atoms with Crippen molar-refractivity contribution in [1.82, 2.24) is 10.2 Å². The fourth-order valence-electron chi connectivity index (χ4n) is 3.01. The topological polar surface area (TPSA) is 44.4 Å². The number of amides is 1. The summed E-state index contributed by atoms with van der Waals surface area (Å²) in [5, 5.41) is 6.42. The summed E-state index contributed by atoms with van der Waals surface area (Å²) in [7, 11) is 2.11. The molecule has 2 aliphatic rings. The highest BCUT2D eigenvalue weighted by Crippen LogP contribution is 2.28. The average molecular weight is 259 g/mol. The number of hydrogen-bond acceptors (Lipinski definition) is 3. The number of fused-ring (bicyclic) bond motifs is 1. The zero-order chi connectivity index (χ0) is 13.2. The van der Waals surface area contributed by atoms with Gasteiger partial charge >= 0.3 is 0 Å². The smallest absolute Gasteiger partial charge is 0.228 e. The normalized spacial score (nSPS) is 23.1. The van der Waals surface area contributed by atoms with E-state index in [1.807, 2.05) is 12.1 Å². The minimum Gasteiger partial charge on any atom is -0.325 e. The quantitative estimate of drug-likeness (QED) is 0.847. The number of nitrogens with zero attached hydrogens (tertiary/aromatic N) is 1. The monoisotopic (exact) mass is 259 g/mol. The summed E-state index contributed by atoms with van der Waals surface area (Å²) in [4.78, 5) is 14.6. The molecular weight excluding hydrogens is 238 g/mol. The van der Waals surface area contributed by atoms with Gasteiger partial charge in [0.05, 0.1) is 5.92 Å². The van der Waals surface area contributed by atoms with E-state index in [1.54, 1.807) is 0 Å². The van der Waals surface area contributed by atoms with Crippen molar-refractivity contribution in [2.45, 2.75) is 25.9 Å². The summed E-state index contributed by atoms with van der Waals surface area (Å²) in [5.41, 5.74) is 3.61. The van der Waals surface area contributed by atoms with Crippen molar-refractivity contribution in [3.8, 4) is 0 Å². The Morgan fingerprint density at radius 3 is 3.11 bits per heavy atom. The molecule has 1 aromatic rings. The highest BCUT2D eigenvalue weighted by molar-refractivity contribution is 5.93. The van der Waals surface area contributed by atoms with Crippen LogP contribution in [0, 0.1) is 5.92 Å². The van der Waals surface area contributed by atoms with Gasteiger partial charge in [-0.1, -0.05) is 12.1 Å². The minimum absolute atomic E-state index is 0.115. The zero-order valence-electron chi connectivity index (χ0n) is 11.4. The van der Waals surface area contributed by atoms with Crippen LogP contribution in [0.4, 0.5) is 5.69 Å². The Morgan fingerprint density at radius 1 is 1.42 bits per heavy atom. The van der Waals surface area contributed by atoms with Gasteiger partial charge in [0.2, 0.25) is 5.91 Å². The molecule has 1 unspecified atom stereocenters. The molecule has 0 spiro atoms. The average Bonchev–Trinajstić information content (AvgIpc) is 2.81. The SMILES string of the molecule is CN1Cc2cccc(NC(=O)C3CCCNC3)c2C1. The second-order valence-electron chi connectivity index (χ2n) is 5.65. The van der Waals surface area contributed by atoms with Gasteiger partial charge in [0.25, 0.3) is 0 Å². The third kappa shape index (κ3) is 2.65. The predicted molar refractivity (Wildman–Crippen MR) is 75.8 cm³/mol. The van der Waals surface area contributed by atoms with Crippen LogP contribution in [-0.4, -0.2) is 30.9 Å². The third-order valence-corrected chi connectivity index (χ3v) is 4.07. The van der Waals surface area contributed by atoms with Crippen LogP contribution < -0.4 is 10.6 Å². The Morgan fingerprint density at radius 2 is 2.32 bits per heavy atom. The predicted octanol–water partition coefficient (Wildman–Crippen LogP) is 1.57. The van der Waals surface area contributed by atoms with E-state index < -0.39 is 0 Å². The third-order valence-electron chi connectivity index (χ3n) is 4.07. The van der Waals surface area contributed by atoms with Gasteiger partial charge in [-0.15, -0.1) is 0 Å². The number of nitrogens with one attached hydrogen (secondary N) is 2. The van der Waals surface area contributed by atoms with Crippen LogP contribution >= 0.6 is 0 Å². The van der Waals surface area contributed by atoms with Crippen LogP contribution in [0.5, 0.6) is 0 Å². The highest BCUT2D eigenvalue weighted by Gasteiger charge is 2.24. The fraction of sp³-hybridized carbons (Fsp3) is 0.533. The van der Waals surface area contributed by atoms with E-state index in [1.165, 1.54) is 11.1 Å². The summed E-state index contributed by atoms with van der Waals surface area (Å²) in [6.07, 6.45) is 2.08. The first-order valence-corrected chi connectivity index (χ1v) is 7.05. The summed E-state index contributed by atoms with van der Waals surface area (Å²) in [6.45, 7) is 3.74. The molecule has 19 heavy (non-hydrogen) atoms. The molecule has 1 aromatic carbocycles. The van der Waals surface area contributed by atoms with Gasteiger partial charge in [-0.2, -0.15) is 0 Å². The van der Waals surface area contributed by atoms with Gasteiger partial charge in [-0.05, 0) is 43.6 Å². The highest BCUT2D eigenvalue weighted by atomic mass is 16.1. The lowest BCUT2D eigenvalue weighted by molar-refractivity contribution is -0.120. The number of piperidine rings is 1. The van der Waals surface area contributed by atoms with Crippen molar-refractivity contribution >= 4 is 11.6 Å². The fourth-order valence-corrected chi connectivity index (χ4v) is 3.01. The van der Waals surface area contributed by atoms with Gasteiger partial charge in [0.1, 0.15) is 0 Å². The van der Waals surface area contributed by atoms with Crippen LogP contribution in [0.2, 0.25) is 0 Å². The zero-order valence-corrected chi connectivity index (χ0v) is 11.4. The number of anilines is 1. The van der Waals surface area contributed by atoms with Crippen LogP contribution in [0.1, 0.15) is 24.0 Å². The maximum atomic E-state index is 12.3. The number of hydrogen-bond donors (Lipinski definition) is 2. The molecule has 1 atom stereocenters. The lowest BCUT2D eigenvalue weighted by Crippen LogP contribution is -2.37. The molecule has 0 radical (unpaired) electrons. The molecule has 2 aliphatic heterocycles. The molecule has 0 bridgehead atoms. The molecule has 3 rings (SSSR count). The Balaban J connectivity index is 1.73. The summed E-state index contributed by atoms with van der Waals surface area (Å²) in [6, 6.07) is 6.20. The Hall–Kier alpha value is -1.39. The van der Waals surface area contributed by atoms with Crippen LogP contribution in [0.25, 0.3) is 0 Å². The first-order chi connectivity index (χ1) is 9.24. The van der Waals surface area contributed by atoms with Crippen molar-refractivity contribution in [3.05, 3.63) is 29.3 Å². The maximum Gasteiger partial charge on any atom is 0.228 e. The van der Waals surface area contributed by atoms with Gasteiger partial charge < -0.3 is 10.6 Å². The second kappa shape index (κ2) is 5.31. The summed E-state index contributed by atoms with van der Waals surface area (Å²) in [5.74, 6) is 0.277. The van der Waals surface area contributed by atoms with E-state index in [-0.39, 0.29) is 11.8 Å². The van der Waals surface area contributed by atoms with Crippen molar-refractivity contribution in [2.24, 2.45) is 5.92 Å². The van der Waals surface area contributed by atoms with E-state index in [9.17, 15) is 4.79 Å². The number of rotatable bonds is 2. The first-order valence-electron chi connectivity index (χ1n) is 7.05. The molecule has 2 heterocycles. The second-order valence-corrected chi connectivity index (χ2v) is 5.65. The lowest BCUT2D eigenvalue weighted by atomic mass is 9.98. The molecule has 2 N–H and O–H groups in total. The number of benzene rings is 1. The molecule has 1 amide bonds. The molecular formula is C15H21N3O. The van der Waals surface area contributed by atoms with Crippen molar-refractivity contribution in [1.29, 1.82) is 0 Å². The standard InChI is InChI=1S/C15H21N3O/c1-18-9-12-4-2-6-14(13(12)10-18)17-15(19)11-5-3-7-16-8-11/h2,4,6,11,16H,3,5,7-10H2,1H3,(H,17,19). The molecule has 4 nitrogen and oxygen atoms in total. The van der Waals surface area contributed by atoms with Gasteiger partial charge in [-0.25, -0.2) is 0 Å². The van der Waals surface area contributed by atoms with Gasteiger partial charge in [0.15, 0.2) is 0 Å². The van der Waals surface area contributed by atoms with Gasteiger partial charge in [-0.3, -0.25) is 9.69 Å². The van der Waals surface area contributed by atoms with Crippen LogP contribution in [0.15, 0.2) is 18.2 Å².